The monoisotopic (exact) mass is 319 g/mol. The number of aromatic nitrogens is 2. The molecule has 3 rings (SSSR count). The average molecular weight is 319 g/mol. The zero-order valence-electron chi connectivity index (χ0n) is 14.1. The smallest absolute Gasteiger partial charge is 0.317 e. The topological polar surface area (TPSA) is 70.5 Å². The summed E-state index contributed by atoms with van der Waals surface area (Å²) in [6.07, 6.45) is 2.49. The highest BCUT2D eigenvalue weighted by Crippen LogP contribution is 2.19. The molecule has 7 nitrogen and oxygen atoms in total. The van der Waals surface area contributed by atoms with Gasteiger partial charge in [-0.1, -0.05) is 20.8 Å². The van der Waals surface area contributed by atoms with Gasteiger partial charge in [0.25, 0.3) is 5.91 Å². The highest BCUT2D eigenvalue weighted by Gasteiger charge is 2.37. The number of fused-ring (bicyclic) bond motifs is 1. The van der Waals surface area contributed by atoms with Gasteiger partial charge in [0.2, 0.25) is 0 Å². The Kier molecular flexibility index (Phi) is 4.28. The Morgan fingerprint density at radius 1 is 1.43 bits per heavy atom. The van der Waals surface area contributed by atoms with Crippen LogP contribution in [0.2, 0.25) is 0 Å². The van der Waals surface area contributed by atoms with Gasteiger partial charge in [-0.3, -0.25) is 9.48 Å². The summed E-state index contributed by atoms with van der Waals surface area (Å²) in [5, 5.41) is 7.26. The molecule has 2 aliphatic heterocycles. The van der Waals surface area contributed by atoms with E-state index < -0.39 is 0 Å². The number of amides is 3. The fraction of sp³-hybridized carbons (Fsp3) is 0.688. The van der Waals surface area contributed by atoms with Crippen molar-refractivity contribution < 1.29 is 9.59 Å². The molecule has 0 radical (unpaired) electrons. The fourth-order valence-corrected chi connectivity index (χ4v) is 3.42. The van der Waals surface area contributed by atoms with Crippen LogP contribution in [0.25, 0.3) is 0 Å². The molecule has 0 spiro atoms. The first kappa shape index (κ1) is 15.8. The maximum absolute atomic E-state index is 12.9. The number of hydrogen-bond acceptors (Lipinski definition) is 3. The predicted octanol–water partition coefficient (Wildman–Crippen LogP) is 0.951. The highest BCUT2D eigenvalue weighted by atomic mass is 16.2. The van der Waals surface area contributed by atoms with E-state index in [1.165, 1.54) is 0 Å². The van der Waals surface area contributed by atoms with Crippen molar-refractivity contribution >= 4 is 11.9 Å². The average Bonchev–Trinajstić information content (AvgIpc) is 3.09. The molecule has 2 aliphatic rings. The van der Waals surface area contributed by atoms with E-state index in [-0.39, 0.29) is 18.0 Å². The number of nitrogens with one attached hydrogen (secondary N) is 1. The minimum atomic E-state index is -0.0129. The van der Waals surface area contributed by atoms with Gasteiger partial charge < -0.3 is 15.1 Å². The summed E-state index contributed by atoms with van der Waals surface area (Å²) in [6, 6.07) is 0.0806. The molecule has 3 amide bonds. The normalized spacial score (nSPS) is 20.9. The third kappa shape index (κ3) is 2.92. The standard InChI is InChI=1S/C16H25N5O2/c1-4-14-13(8-18-21(14)9-11(2)3)15(22)19-5-6-20-12(10-19)7-17-16(20)23/h8,11-12H,4-7,9-10H2,1-3H3,(H,17,23)/t12-/m1/s1. The summed E-state index contributed by atoms with van der Waals surface area (Å²) < 4.78 is 1.95. The molecule has 7 heteroatoms. The van der Waals surface area contributed by atoms with Crippen LogP contribution >= 0.6 is 0 Å². The van der Waals surface area contributed by atoms with Gasteiger partial charge in [-0.15, -0.1) is 0 Å². The SMILES string of the molecule is CCc1c(C(=O)N2CCN3C(=O)NC[C@@H]3C2)cnn1CC(C)C. The summed E-state index contributed by atoms with van der Waals surface area (Å²) in [7, 11) is 0. The first-order chi connectivity index (χ1) is 11.0. The molecule has 1 atom stereocenters. The van der Waals surface area contributed by atoms with Crippen molar-refractivity contribution in [3.8, 4) is 0 Å². The van der Waals surface area contributed by atoms with Crippen LogP contribution in [0.1, 0.15) is 36.8 Å². The summed E-state index contributed by atoms with van der Waals surface area (Å²) in [5.41, 5.74) is 1.71. The third-order valence-electron chi connectivity index (χ3n) is 4.57. The molecule has 0 aromatic carbocycles. The molecule has 0 aliphatic carbocycles. The van der Waals surface area contributed by atoms with Gasteiger partial charge >= 0.3 is 6.03 Å². The zero-order valence-corrected chi connectivity index (χ0v) is 14.1. The molecule has 2 saturated heterocycles. The van der Waals surface area contributed by atoms with Crippen LogP contribution in [0.5, 0.6) is 0 Å². The van der Waals surface area contributed by atoms with Gasteiger partial charge in [0.1, 0.15) is 0 Å². The van der Waals surface area contributed by atoms with Crippen LogP contribution in [0.15, 0.2) is 6.20 Å². The minimum Gasteiger partial charge on any atom is -0.336 e. The first-order valence-corrected chi connectivity index (χ1v) is 8.39. The number of nitrogens with zero attached hydrogens (tertiary/aromatic N) is 4. The number of urea groups is 1. The van der Waals surface area contributed by atoms with Gasteiger partial charge in [0.05, 0.1) is 23.5 Å². The third-order valence-corrected chi connectivity index (χ3v) is 4.57. The maximum atomic E-state index is 12.9. The largest absolute Gasteiger partial charge is 0.336 e. The summed E-state index contributed by atoms with van der Waals surface area (Å²) in [6.45, 7) is 9.57. The summed E-state index contributed by atoms with van der Waals surface area (Å²) >= 11 is 0. The number of carbonyl (C=O) groups is 2. The predicted molar refractivity (Wildman–Crippen MR) is 86.2 cm³/mol. The Balaban J connectivity index is 1.76. The van der Waals surface area contributed by atoms with Crippen LogP contribution in [-0.4, -0.2) is 63.7 Å². The number of piperazine rings is 1. The van der Waals surface area contributed by atoms with Crippen molar-refractivity contribution in [1.29, 1.82) is 0 Å². The van der Waals surface area contributed by atoms with E-state index in [0.717, 1.165) is 18.7 Å². The molecule has 23 heavy (non-hydrogen) atoms. The van der Waals surface area contributed by atoms with E-state index in [1.807, 2.05) is 14.5 Å². The summed E-state index contributed by atoms with van der Waals surface area (Å²) in [4.78, 5) is 28.2. The molecule has 1 aromatic heterocycles. The lowest BCUT2D eigenvalue weighted by molar-refractivity contribution is 0.0615. The van der Waals surface area contributed by atoms with Crippen LogP contribution < -0.4 is 5.32 Å². The van der Waals surface area contributed by atoms with Crippen molar-refractivity contribution in [3.05, 3.63) is 17.5 Å². The van der Waals surface area contributed by atoms with Gasteiger partial charge in [0.15, 0.2) is 0 Å². The molecular weight excluding hydrogens is 294 g/mol. The maximum Gasteiger partial charge on any atom is 0.317 e. The van der Waals surface area contributed by atoms with Gasteiger partial charge in [0, 0.05) is 32.7 Å². The molecule has 1 N–H and O–H groups in total. The number of hydrogen-bond donors (Lipinski definition) is 1. The van der Waals surface area contributed by atoms with Crippen molar-refractivity contribution in [2.24, 2.45) is 5.92 Å². The molecule has 0 saturated carbocycles. The molecule has 0 unspecified atom stereocenters. The molecule has 126 valence electrons. The highest BCUT2D eigenvalue weighted by molar-refractivity contribution is 5.95. The van der Waals surface area contributed by atoms with Crippen LogP contribution in [-0.2, 0) is 13.0 Å². The van der Waals surface area contributed by atoms with Crippen molar-refractivity contribution in [3.63, 3.8) is 0 Å². The van der Waals surface area contributed by atoms with Crippen LogP contribution in [0.3, 0.4) is 0 Å². The first-order valence-electron chi connectivity index (χ1n) is 8.39. The Bertz CT molecular complexity index is 610. The van der Waals surface area contributed by atoms with E-state index in [0.29, 0.717) is 37.7 Å². The van der Waals surface area contributed by atoms with E-state index in [4.69, 9.17) is 0 Å². The van der Waals surface area contributed by atoms with Gasteiger partial charge in [-0.2, -0.15) is 5.10 Å². The van der Waals surface area contributed by atoms with E-state index in [9.17, 15) is 9.59 Å². The second-order valence-corrected chi connectivity index (χ2v) is 6.72. The van der Waals surface area contributed by atoms with Crippen LogP contribution in [0, 0.1) is 5.92 Å². The number of carbonyl (C=O) groups excluding carboxylic acids is 2. The second-order valence-electron chi connectivity index (χ2n) is 6.72. The van der Waals surface area contributed by atoms with E-state index >= 15 is 0 Å². The van der Waals surface area contributed by atoms with Gasteiger partial charge in [-0.05, 0) is 12.3 Å². The zero-order chi connectivity index (χ0) is 16.6. The van der Waals surface area contributed by atoms with E-state index in [2.05, 4.69) is 31.2 Å². The molecule has 1 aromatic rings. The lowest BCUT2D eigenvalue weighted by atomic mass is 10.1. The Morgan fingerprint density at radius 2 is 2.22 bits per heavy atom. The summed E-state index contributed by atoms with van der Waals surface area (Å²) in [5.74, 6) is 0.526. The molecular formula is C16H25N5O2. The molecule has 2 fully saturated rings. The van der Waals surface area contributed by atoms with Crippen molar-refractivity contribution in [2.45, 2.75) is 39.8 Å². The lowest BCUT2D eigenvalue weighted by Crippen LogP contribution is -2.53. The Morgan fingerprint density at radius 3 is 2.91 bits per heavy atom. The second kappa shape index (κ2) is 6.22. The van der Waals surface area contributed by atoms with Crippen molar-refractivity contribution in [2.75, 3.05) is 26.2 Å². The molecule has 0 bridgehead atoms. The molecule has 3 heterocycles. The lowest BCUT2D eigenvalue weighted by Gasteiger charge is -2.36. The minimum absolute atomic E-state index is 0.0129. The Hall–Kier alpha value is -2.05. The number of rotatable bonds is 4. The van der Waals surface area contributed by atoms with Gasteiger partial charge in [-0.25, -0.2) is 4.79 Å². The van der Waals surface area contributed by atoms with E-state index in [1.54, 1.807) is 6.20 Å². The fourth-order valence-electron chi connectivity index (χ4n) is 3.42. The van der Waals surface area contributed by atoms with Crippen molar-refractivity contribution in [1.82, 2.24) is 24.9 Å². The quantitative estimate of drug-likeness (QED) is 0.898. The van der Waals surface area contributed by atoms with Crippen LogP contribution in [0.4, 0.5) is 4.79 Å². The Labute approximate surface area is 136 Å².